The summed E-state index contributed by atoms with van der Waals surface area (Å²) < 4.78 is 6.49. The first-order valence-electron chi connectivity index (χ1n) is 9.97. The Morgan fingerprint density at radius 1 is 1.17 bits per heavy atom. The van der Waals surface area contributed by atoms with Gasteiger partial charge in [0.2, 0.25) is 0 Å². The minimum absolute atomic E-state index is 0.0668. The standard InChI is InChI=1S/C20H29ClO3/c1-19-7-6-11-8-16-15-3-2-12(22)10-20(15,21)18(24-16)9-13(11)14(19)4-5-17(19)23/h11-16,18,22H,2-10H2,1H3/t11?,12?,13-,14+,15+,16?,18-,19+,20-/m1/s1. The molecular formula is C20H29ClO3. The lowest BCUT2D eigenvalue weighted by Gasteiger charge is -2.49. The molecule has 2 heterocycles. The fraction of sp³-hybridized carbons (Fsp3) is 0.950. The van der Waals surface area contributed by atoms with Crippen LogP contribution in [0.1, 0.15) is 64.7 Å². The van der Waals surface area contributed by atoms with Crippen molar-refractivity contribution in [2.75, 3.05) is 0 Å². The molecule has 0 radical (unpaired) electrons. The third-order valence-corrected chi connectivity index (χ3v) is 9.29. The lowest BCUT2D eigenvalue weighted by molar-refractivity contribution is -0.130. The van der Waals surface area contributed by atoms with Crippen molar-refractivity contribution in [1.82, 2.24) is 0 Å². The van der Waals surface area contributed by atoms with E-state index in [9.17, 15) is 9.90 Å². The Labute approximate surface area is 149 Å². The van der Waals surface area contributed by atoms with Gasteiger partial charge in [-0.3, -0.25) is 4.79 Å². The minimum atomic E-state index is -0.371. The molecule has 2 saturated heterocycles. The van der Waals surface area contributed by atoms with E-state index in [0.29, 0.717) is 35.9 Å². The van der Waals surface area contributed by atoms with E-state index in [0.717, 1.165) is 44.9 Å². The van der Waals surface area contributed by atoms with Crippen LogP contribution >= 0.6 is 11.6 Å². The molecule has 0 aromatic carbocycles. The SMILES string of the molecule is C[C@]12CCC3CC4O[C@H](C[C@H]3[C@@H]1CCC2=O)[C@@]1(Cl)CC(O)CC[C@@H]41. The molecule has 4 heteroatoms. The van der Waals surface area contributed by atoms with Crippen LogP contribution in [0.5, 0.6) is 0 Å². The number of carbonyl (C=O) groups is 1. The van der Waals surface area contributed by atoms with Gasteiger partial charge in [-0.2, -0.15) is 0 Å². The van der Waals surface area contributed by atoms with Crippen molar-refractivity contribution in [1.29, 1.82) is 0 Å². The monoisotopic (exact) mass is 352 g/mol. The summed E-state index contributed by atoms with van der Waals surface area (Å²) in [5, 5.41) is 10.2. The largest absolute Gasteiger partial charge is 0.393 e. The van der Waals surface area contributed by atoms with E-state index in [4.69, 9.17) is 16.3 Å². The molecule has 3 aliphatic carbocycles. The highest BCUT2D eigenvalue weighted by atomic mass is 35.5. The summed E-state index contributed by atoms with van der Waals surface area (Å²) in [5.74, 6) is 2.72. The molecule has 3 saturated carbocycles. The van der Waals surface area contributed by atoms with Gasteiger partial charge in [0, 0.05) is 17.8 Å². The first-order chi connectivity index (χ1) is 11.4. The van der Waals surface area contributed by atoms with Gasteiger partial charge in [-0.15, -0.1) is 11.6 Å². The van der Waals surface area contributed by atoms with Crippen LogP contribution in [-0.2, 0) is 9.53 Å². The van der Waals surface area contributed by atoms with Crippen LogP contribution in [0.15, 0.2) is 0 Å². The van der Waals surface area contributed by atoms with Crippen LogP contribution in [0.3, 0.4) is 0 Å². The molecule has 2 aliphatic heterocycles. The number of hydrogen-bond donors (Lipinski definition) is 1. The predicted molar refractivity (Wildman–Crippen MR) is 91.9 cm³/mol. The molecule has 24 heavy (non-hydrogen) atoms. The van der Waals surface area contributed by atoms with Crippen molar-refractivity contribution in [3.8, 4) is 0 Å². The third-order valence-electron chi connectivity index (χ3n) is 8.61. The van der Waals surface area contributed by atoms with Crippen molar-refractivity contribution >= 4 is 17.4 Å². The van der Waals surface area contributed by atoms with Gasteiger partial charge in [-0.25, -0.2) is 0 Å². The molecule has 9 atom stereocenters. The first kappa shape index (κ1) is 16.1. The van der Waals surface area contributed by atoms with Gasteiger partial charge in [0.25, 0.3) is 0 Å². The first-order valence-corrected chi connectivity index (χ1v) is 10.4. The lowest BCUT2D eigenvalue weighted by atomic mass is 9.56. The topological polar surface area (TPSA) is 46.5 Å². The number of halogens is 1. The second-order valence-electron chi connectivity index (χ2n) is 9.55. The minimum Gasteiger partial charge on any atom is -0.393 e. The maximum Gasteiger partial charge on any atom is 0.139 e. The van der Waals surface area contributed by atoms with Crippen LogP contribution < -0.4 is 0 Å². The van der Waals surface area contributed by atoms with Crippen molar-refractivity contribution < 1.29 is 14.6 Å². The molecule has 0 aromatic heterocycles. The molecule has 3 nitrogen and oxygen atoms in total. The number of rotatable bonds is 0. The van der Waals surface area contributed by atoms with Crippen LogP contribution in [0.2, 0.25) is 0 Å². The summed E-state index contributed by atoms with van der Waals surface area (Å²) in [5.41, 5.74) is -0.0876. The number of aliphatic hydroxyl groups excluding tert-OH is 1. The maximum atomic E-state index is 12.5. The number of carbonyl (C=O) groups excluding carboxylic acids is 1. The van der Waals surface area contributed by atoms with Gasteiger partial charge in [-0.05, 0) is 69.1 Å². The Morgan fingerprint density at radius 3 is 2.83 bits per heavy atom. The van der Waals surface area contributed by atoms with Crippen LogP contribution in [0.25, 0.3) is 0 Å². The third kappa shape index (κ3) is 2.01. The van der Waals surface area contributed by atoms with E-state index in [1.165, 1.54) is 6.42 Å². The zero-order chi connectivity index (χ0) is 16.7. The summed E-state index contributed by atoms with van der Waals surface area (Å²) in [6.07, 6.45) is 8.83. The highest BCUT2D eigenvalue weighted by Gasteiger charge is 2.63. The highest BCUT2D eigenvalue weighted by Crippen LogP contribution is 2.62. The van der Waals surface area contributed by atoms with E-state index in [2.05, 4.69) is 6.92 Å². The van der Waals surface area contributed by atoms with Gasteiger partial charge < -0.3 is 9.84 Å². The summed E-state index contributed by atoms with van der Waals surface area (Å²) in [6, 6.07) is 0. The maximum absolute atomic E-state index is 12.5. The van der Waals surface area contributed by atoms with Gasteiger partial charge in [0.1, 0.15) is 5.78 Å². The number of fused-ring (bicyclic) bond motifs is 8. The van der Waals surface area contributed by atoms with Gasteiger partial charge >= 0.3 is 0 Å². The predicted octanol–water partition coefficient (Wildman–Crippen LogP) is 3.70. The molecule has 5 aliphatic rings. The zero-order valence-corrected chi connectivity index (χ0v) is 15.3. The van der Waals surface area contributed by atoms with Crippen LogP contribution in [-0.4, -0.2) is 34.1 Å². The van der Waals surface area contributed by atoms with Crippen LogP contribution in [0.4, 0.5) is 0 Å². The molecule has 0 amide bonds. The molecule has 2 bridgehead atoms. The Balaban J connectivity index is 1.47. The molecule has 5 fully saturated rings. The van der Waals surface area contributed by atoms with Crippen molar-refractivity contribution in [2.45, 2.75) is 87.9 Å². The summed E-state index contributed by atoms with van der Waals surface area (Å²) in [4.78, 5) is 12.1. The Kier molecular flexibility index (Phi) is 3.49. The number of ketones is 1. The smallest absolute Gasteiger partial charge is 0.139 e. The highest BCUT2D eigenvalue weighted by molar-refractivity contribution is 6.25. The number of Topliss-reactive ketones (excluding diaryl/α,β-unsaturated/α-hetero) is 1. The molecular weight excluding hydrogens is 324 g/mol. The van der Waals surface area contributed by atoms with Crippen molar-refractivity contribution in [3.63, 3.8) is 0 Å². The second-order valence-corrected chi connectivity index (χ2v) is 10.3. The summed E-state index contributed by atoms with van der Waals surface area (Å²) in [6.45, 7) is 2.22. The van der Waals surface area contributed by atoms with E-state index in [1.807, 2.05) is 0 Å². The molecule has 1 N–H and O–H groups in total. The average Bonchev–Trinajstić information content (AvgIpc) is 2.87. The normalized spacial score (nSPS) is 59.5. The molecule has 0 spiro atoms. The fourth-order valence-electron chi connectivity index (χ4n) is 7.31. The second kappa shape index (κ2) is 5.20. The summed E-state index contributed by atoms with van der Waals surface area (Å²) >= 11 is 7.13. The lowest BCUT2D eigenvalue weighted by Crippen LogP contribution is -2.50. The Morgan fingerprint density at radius 2 is 2.00 bits per heavy atom. The van der Waals surface area contributed by atoms with Crippen molar-refractivity contribution in [2.24, 2.45) is 29.1 Å². The fourth-order valence-corrected chi connectivity index (χ4v) is 7.88. The van der Waals surface area contributed by atoms with E-state index < -0.39 is 0 Å². The number of ether oxygens (including phenoxy) is 1. The molecule has 0 aromatic rings. The Hall–Kier alpha value is -0.120. The molecule has 134 valence electrons. The number of alkyl halides is 1. The molecule has 5 rings (SSSR count). The summed E-state index contributed by atoms with van der Waals surface area (Å²) in [7, 11) is 0. The van der Waals surface area contributed by atoms with Crippen LogP contribution in [0, 0.1) is 29.1 Å². The van der Waals surface area contributed by atoms with Gasteiger partial charge in [0.05, 0.1) is 23.2 Å². The molecule has 3 unspecified atom stereocenters. The average molecular weight is 353 g/mol. The Bertz CT molecular complexity index is 565. The quantitative estimate of drug-likeness (QED) is 0.676. The number of hydrogen-bond acceptors (Lipinski definition) is 3. The van der Waals surface area contributed by atoms with Gasteiger partial charge in [0.15, 0.2) is 0 Å². The zero-order valence-electron chi connectivity index (χ0n) is 14.5. The van der Waals surface area contributed by atoms with Crippen molar-refractivity contribution in [3.05, 3.63) is 0 Å². The number of aliphatic hydroxyl groups is 1. The van der Waals surface area contributed by atoms with Gasteiger partial charge in [-0.1, -0.05) is 6.92 Å². The van der Waals surface area contributed by atoms with E-state index in [-0.39, 0.29) is 28.6 Å². The van der Waals surface area contributed by atoms with E-state index >= 15 is 0 Å². The van der Waals surface area contributed by atoms with E-state index in [1.54, 1.807) is 0 Å².